The highest BCUT2D eigenvalue weighted by molar-refractivity contribution is 7.91. The fraction of sp³-hybridized carbons (Fsp3) is 0.364. The summed E-state index contributed by atoms with van der Waals surface area (Å²) in [6, 6.07) is 6.25. The largest absolute Gasteiger partial charge is 0.478 e. The van der Waals surface area contributed by atoms with Crippen LogP contribution in [-0.4, -0.2) is 37.0 Å². The molecule has 0 saturated carbocycles. The number of aromatic carboxylic acids is 1. The third-order valence-corrected chi connectivity index (χ3v) is 4.48. The minimum atomic E-state index is -2.92. The molecule has 0 radical (unpaired) electrons. The van der Waals surface area contributed by atoms with Crippen molar-refractivity contribution in [2.75, 3.05) is 16.8 Å². The second kappa shape index (κ2) is 4.37. The lowest BCUT2D eigenvalue weighted by atomic mass is 10.2. The van der Waals surface area contributed by atoms with Crippen molar-refractivity contribution < 1.29 is 18.3 Å². The maximum absolute atomic E-state index is 11.3. The molecule has 1 fully saturated rings. The van der Waals surface area contributed by atoms with Gasteiger partial charge in [-0.05, 0) is 24.6 Å². The van der Waals surface area contributed by atoms with Gasteiger partial charge < -0.3 is 10.4 Å². The lowest BCUT2D eigenvalue weighted by Gasteiger charge is -2.12. The van der Waals surface area contributed by atoms with Gasteiger partial charge in [0.15, 0.2) is 9.84 Å². The van der Waals surface area contributed by atoms with Crippen LogP contribution in [-0.2, 0) is 9.84 Å². The lowest BCUT2D eigenvalue weighted by molar-refractivity contribution is 0.0697. The first kappa shape index (κ1) is 11.9. The molecule has 2 rings (SSSR count). The Labute approximate surface area is 99.4 Å². The third-order valence-electron chi connectivity index (χ3n) is 2.71. The molecule has 1 aliphatic rings. The van der Waals surface area contributed by atoms with Gasteiger partial charge in [-0.25, -0.2) is 13.2 Å². The summed E-state index contributed by atoms with van der Waals surface area (Å²) in [7, 11) is -2.92. The van der Waals surface area contributed by atoms with Crippen molar-refractivity contribution in [3.8, 4) is 0 Å². The number of nitrogens with one attached hydrogen (secondary N) is 1. The third kappa shape index (κ3) is 2.97. The van der Waals surface area contributed by atoms with Crippen LogP contribution in [0.1, 0.15) is 16.8 Å². The van der Waals surface area contributed by atoms with Crippen LogP contribution in [0.2, 0.25) is 0 Å². The summed E-state index contributed by atoms with van der Waals surface area (Å²) < 4.78 is 22.5. The van der Waals surface area contributed by atoms with E-state index in [4.69, 9.17) is 5.11 Å². The van der Waals surface area contributed by atoms with Crippen molar-refractivity contribution in [1.29, 1.82) is 0 Å². The van der Waals surface area contributed by atoms with Crippen molar-refractivity contribution in [2.45, 2.75) is 12.5 Å². The van der Waals surface area contributed by atoms with Gasteiger partial charge >= 0.3 is 5.97 Å². The summed E-state index contributed by atoms with van der Waals surface area (Å²) in [4.78, 5) is 10.8. The van der Waals surface area contributed by atoms with Gasteiger partial charge in [0.25, 0.3) is 0 Å². The van der Waals surface area contributed by atoms with Crippen LogP contribution in [0.3, 0.4) is 0 Å². The van der Waals surface area contributed by atoms with Crippen LogP contribution in [0, 0.1) is 0 Å². The molecule has 92 valence electrons. The summed E-state index contributed by atoms with van der Waals surface area (Å²) in [6.07, 6.45) is 0.569. The first-order chi connectivity index (χ1) is 7.96. The number of hydrogen-bond acceptors (Lipinski definition) is 4. The Morgan fingerprint density at radius 2 is 2.18 bits per heavy atom. The summed E-state index contributed by atoms with van der Waals surface area (Å²) in [5.74, 6) is -0.680. The smallest absolute Gasteiger partial charge is 0.335 e. The zero-order chi connectivity index (χ0) is 12.5. The number of carboxylic acid groups (broad SMARTS) is 1. The van der Waals surface area contributed by atoms with Gasteiger partial charge in [0, 0.05) is 11.7 Å². The molecule has 0 aromatic heterocycles. The zero-order valence-corrected chi connectivity index (χ0v) is 9.90. The second-order valence-corrected chi connectivity index (χ2v) is 6.36. The quantitative estimate of drug-likeness (QED) is 0.841. The molecular formula is C11H13NO4S. The molecule has 6 heteroatoms. The molecule has 1 aromatic carbocycles. The van der Waals surface area contributed by atoms with Gasteiger partial charge in [0.05, 0.1) is 17.1 Å². The Morgan fingerprint density at radius 1 is 1.41 bits per heavy atom. The minimum Gasteiger partial charge on any atom is -0.478 e. The maximum Gasteiger partial charge on any atom is 0.335 e. The van der Waals surface area contributed by atoms with Gasteiger partial charge in [-0.15, -0.1) is 0 Å². The van der Waals surface area contributed by atoms with Crippen LogP contribution in [0.25, 0.3) is 0 Å². The molecule has 1 saturated heterocycles. The molecule has 1 aromatic rings. The standard InChI is InChI=1S/C11H13NO4S/c13-11(14)8-2-1-3-9(6-8)12-10-4-5-17(15,16)7-10/h1-3,6,10,12H,4-5,7H2,(H,13,14). The van der Waals surface area contributed by atoms with Crippen LogP contribution < -0.4 is 5.32 Å². The van der Waals surface area contributed by atoms with Crippen molar-refractivity contribution in [3.63, 3.8) is 0 Å². The van der Waals surface area contributed by atoms with Crippen molar-refractivity contribution in [1.82, 2.24) is 0 Å². The molecule has 0 amide bonds. The number of sulfone groups is 1. The first-order valence-electron chi connectivity index (χ1n) is 5.26. The molecule has 0 spiro atoms. The van der Waals surface area contributed by atoms with E-state index in [9.17, 15) is 13.2 Å². The topological polar surface area (TPSA) is 83.5 Å². The molecule has 5 nitrogen and oxygen atoms in total. The number of hydrogen-bond donors (Lipinski definition) is 2. The Balaban J connectivity index is 2.09. The van der Waals surface area contributed by atoms with Crippen molar-refractivity contribution in [3.05, 3.63) is 29.8 Å². The van der Waals surface area contributed by atoms with E-state index >= 15 is 0 Å². The number of anilines is 1. The summed E-state index contributed by atoms with van der Waals surface area (Å²) >= 11 is 0. The molecule has 0 bridgehead atoms. The van der Waals surface area contributed by atoms with Crippen LogP contribution >= 0.6 is 0 Å². The van der Waals surface area contributed by atoms with Crippen LogP contribution in [0.4, 0.5) is 5.69 Å². The van der Waals surface area contributed by atoms with E-state index < -0.39 is 15.8 Å². The Kier molecular flexibility index (Phi) is 3.06. The summed E-state index contributed by atoms with van der Waals surface area (Å²) in [6.45, 7) is 0. The van der Waals surface area contributed by atoms with E-state index in [2.05, 4.69) is 5.32 Å². The highest BCUT2D eigenvalue weighted by atomic mass is 32.2. The lowest BCUT2D eigenvalue weighted by Crippen LogP contribution is -2.20. The average Bonchev–Trinajstić information content (AvgIpc) is 2.58. The molecule has 1 unspecified atom stereocenters. The van der Waals surface area contributed by atoms with E-state index in [1.165, 1.54) is 12.1 Å². The van der Waals surface area contributed by atoms with E-state index in [0.717, 1.165) is 0 Å². The molecule has 0 aliphatic carbocycles. The molecule has 17 heavy (non-hydrogen) atoms. The average molecular weight is 255 g/mol. The highest BCUT2D eigenvalue weighted by Crippen LogP contribution is 2.18. The van der Waals surface area contributed by atoms with E-state index in [1.54, 1.807) is 12.1 Å². The molecule has 1 aliphatic heterocycles. The van der Waals surface area contributed by atoms with E-state index in [0.29, 0.717) is 12.1 Å². The number of benzene rings is 1. The Morgan fingerprint density at radius 3 is 2.76 bits per heavy atom. The van der Waals surface area contributed by atoms with Gasteiger partial charge in [-0.3, -0.25) is 0 Å². The zero-order valence-electron chi connectivity index (χ0n) is 9.09. The predicted octanol–water partition coefficient (Wildman–Crippen LogP) is 0.984. The molecule has 1 atom stereocenters. The number of rotatable bonds is 3. The maximum atomic E-state index is 11.3. The van der Waals surface area contributed by atoms with Crippen LogP contribution in [0.15, 0.2) is 24.3 Å². The Bertz CT molecular complexity index is 538. The van der Waals surface area contributed by atoms with Crippen LogP contribution in [0.5, 0.6) is 0 Å². The molecular weight excluding hydrogens is 242 g/mol. The Hall–Kier alpha value is -1.56. The van der Waals surface area contributed by atoms with E-state index in [-0.39, 0.29) is 23.1 Å². The second-order valence-electron chi connectivity index (χ2n) is 4.13. The molecule has 1 heterocycles. The SMILES string of the molecule is O=C(O)c1cccc(NC2CCS(=O)(=O)C2)c1. The first-order valence-corrected chi connectivity index (χ1v) is 7.09. The van der Waals surface area contributed by atoms with Gasteiger partial charge in [-0.1, -0.05) is 6.07 Å². The van der Waals surface area contributed by atoms with Gasteiger partial charge in [0.2, 0.25) is 0 Å². The fourth-order valence-corrected chi connectivity index (χ4v) is 3.56. The predicted molar refractivity (Wildman–Crippen MR) is 64.1 cm³/mol. The fourth-order valence-electron chi connectivity index (χ4n) is 1.89. The monoisotopic (exact) mass is 255 g/mol. The summed E-state index contributed by atoms with van der Waals surface area (Å²) in [5, 5.41) is 11.9. The van der Waals surface area contributed by atoms with Crippen molar-refractivity contribution in [2.24, 2.45) is 0 Å². The minimum absolute atomic E-state index is 0.115. The van der Waals surface area contributed by atoms with Gasteiger partial charge in [-0.2, -0.15) is 0 Å². The molecule has 2 N–H and O–H groups in total. The summed E-state index contributed by atoms with van der Waals surface area (Å²) in [5.41, 5.74) is 0.836. The number of carbonyl (C=O) groups is 1. The van der Waals surface area contributed by atoms with E-state index in [1.807, 2.05) is 0 Å². The number of carboxylic acids is 1. The highest BCUT2D eigenvalue weighted by Gasteiger charge is 2.27. The normalized spacial score (nSPS) is 22.2. The van der Waals surface area contributed by atoms with Crippen molar-refractivity contribution >= 4 is 21.5 Å². The van der Waals surface area contributed by atoms with Gasteiger partial charge in [0.1, 0.15) is 0 Å².